The van der Waals surface area contributed by atoms with Gasteiger partial charge in [-0.05, 0) is 23.3 Å². The normalized spacial score (nSPS) is 26.5. The minimum atomic E-state index is -0.441. The van der Waals surface area contributed by atoms with E-state index in [1.165, 1.54) is 0 Å². The van der Waals surface area contributed by atoms with E-state index in [1.54, 1.807) is 17.0 Å². The highest BCUT2D eigenvalue weighted by Gasteiger charge is 2.48. The minimum Gasteiger partial charge on any atom is -0.411 e. The summed E-state index contributed by atoms with van der Waals surface area (Å²) in [5.74, 6) is -0.920. The molecule has 1 heterocycles. The number of likely N-dealkylation sites (tertiary alicyclic amines) is 1. The fraction of sp³-hybridized carbons (Fsp3) is 0.333. The van der Waals surface area contributed by atoms with E-state index in [4.69, 9.17) is 34.8 Å². The molecule has 1 fully saturated rings. The van der Waals surface area contributed by atoms with Crippen molar-refractivity contribution in [1.82, 2.24) is 4.90 Å². The third-order valence-corrected chi connectivity index (χ3v) is 6.36. The molecule has 0 unspecified atom stereocenters. The van der Waals surface area contributed by atoms with E-state index in [2.05, 4.69) is 5.16 Å². The highest BCUT2D eigenvalue weighted by molar-refractivity contribution is 6.32. The van der Waals surface area contributed by atoms with E-state index < -0.39 is 12.1 Å². The van der Waals surface area contributed by atoms with Crippen molar-refractivity contribution in [1.29, 1.82) is 0 Å². The predicted octanol–water partition coefficient (Wildman–Crippen LogP) is 5.96. The van der Waals surface area contributed by atoms with Gasteiger partial charge in [-0.2, -0.15) is 0 Å². The second kappa shape index (κ2) is 8.73. The lowest BCUT2D eigenvalue weighted by molar-refractivity contribution is -0.136. The number of amides is 1. The first-order chi connectivity index (χ1) is 13.4. The molecule has 1 N–H and O–H groups in total. The van der Waals surface area contributed by atoms with Gasteiger partial charge in [-0.15, -0.1) is 11.6 Å². The number of carbonyl (C=O) groups is 1. The molecule has 0 bridgehead atoms. The van der Waals surface area contributed by atoms with Gasteiger partial charge in [-0.1, -0.05) is 78.6 Å². The molecular formula is C21H21Cl3N2O2. The third-order valence-electron chi connectivity index (χ3n) is 5.45. The summed E-state index contributed by atoms with van der Waals surface area (Å²) in [6.45, 7) is 3.85. The Morgan fingerprint density at radius 1 is 0.964 bits per heavy atom. The Balaban J connectivity index is 2.26. The first-order valence-corrected chi connectivity index (χ1v) is 10.3. The summed E-state index contributed by atoms with van der Waals surface area (Å²) in [6.07, 6.45) is 0. The molecule has 0 spiro atoms. The van der Waals surface area contributed by atoms with Crippen LogP contribution in [0.25, 0.3) is 0 Å². The van der Waals surface area contributed by atoms with E-state index in [0.717, 1.165) is 11.1 Å². The Morgan fingerprint density at radius 3 is 1.75 bits per heavy atom. The molecule has 1 amide bonds. The van der Waals surface area contributed by atoms with Crippen molar-refractivity contribution in [2.24, 2.45) is 17.0 Å². The summed E-state index contributed by atoms with van der Waals surface area (Å²) in [7, 11) is 0. The summed E-state index contributed by atoms with van der Waals surface area (Å²) < 4.78 is 0. The van der Waals surface area contributed by atoms with Gasteiger partial charge in [0.2, 0.25) is 5.91 Å². The molecule has 0 aromatic heterocycles. The van der Waals surface area contributed by atoms with Crippen LogP contribution in [0.2, 0.25) is 10.0 Å². The standard InChI is InChI=1S/C21H21Cl3N2O2/c1-12-19(25-28)13(2)21(15-8-4-6-10-17(15)24)26(18(27)11-22)20(12)14-7-3-5-9-16(14)23/h3-10,12-13,20-21,28H,11H2,1-2H3/t12-,13+,20-,21+. The molecule has 3 rings (SSSR count). The summed E-state index contributed by atoms with van der Waals surface area (Å²) in [5, 5.41) is 14.5. The van der Waals surface area contributed by atoms with Crippen LogP contribution in [-0.2, 0) is 4.79 Å². The summed E-state index contributed by atoms with van der Waals surface area (Å²) in [4.78, 5) is 14.8. The zero-order valence-corrected chi connectivity index (χ0v) is 17.8. The minimum absolute atomic E-state index is 0.174. The van der Waals surface area contributed by atoms with Crippen molar-refractivity contribution in [3.05, 3.63) is 69.7 Å². The van der Waals surface area contributed by atoms with Crippen molar-refractivity contribution < 1.29 is 10.0 Å². The van der Waals surface area contributed by atoms with Gasteiger partial charge >= 0.3 is 0 Å². The van der Waals surface area contributed by atoms with Crippen LogP contribution < -0.4 is 0 Å². The van der Waals surface area contributed by atoms with E-state index in [9.17, 15) is 10.0 Å². The Bertz CT molecular complexity index is 841. The first kappa shape index (κ1) is 21.0. The highest BCUT2D eigenvalue weighted by atomic mass is 35.5. The molecular weight excluding hydrogens is 419 g/mol. The average Bonchev–Trinajstić information content (AvgIpc) is 2.69. The number of piperidine rings is 1. The maximum absolute atomic E-state index is 13.0. The number of nitrogens with zero attached hydrogens (tertiary/aromatic N) is 2. The maximum Gasteiger partial charge on any atom is 0.238 e. The number of halogens is 3. The third kappa shape index (κ3) is 3.61. The van der Waals surface area contributed by atoms with E-state index in [-0.39, 0.29) is 23.6 Å². The molecule has 7 heteroatoms. The van der Waals surface area contributed by atoms with Crippen molar-refractivity contribution in [2.75, 3.05) is 5.88 Å². The summed E-state index contributed by atoms with van der Waals surface area (Å²) in [6, 6.07) is 13.9. The van der Waals surface area contributed by atoms with E-state index >= 15 is 0 Å². The number of benzene rings is 2. The number of alkyl halides is 1. The second-order valence-corrected chi connectivity index (χ2v) is 8.05. The molecule has 4 atom stereocenters. The Kier molecular flexibility index (Phi) is 6.54. The van der Waals surface area contributed by atoms with Crippen molar-refractivity contribution in [2.45, 2.75) is 25.9 Å². The van der Waals surface area contributed by atoms with Gasteiger partial charge in [0.1, 0.15) is 5.88 Å². The lowest BCUT2D eigenvalue weighted by atomic mass is 9.73. The largest absolute Gasteiger partial charge is 0.411 e. The van der Waals surface area contributed by atoms with E-state index in [1.807, 2.05) is 50.2 Å². The first-order valence-electron chi connectivity index (χ1n) is 9.00. The number of oxime groups is 1. The van der Waals surface area contributed by atoms with Crippen molar-refractivity contribution in [3.63, 3.8) is 0 Å². The molecule has 0 saturated carbocycles. The van der Waals surface area contributed by atoms with Crippen LogP contribution in [0.4, 0.5) is 0 Å². The van der Waals surface area contributed by atoms with Gasteiger partial charge in [0.25, 0.3) is 0 Å². The monoisotopic (exact) mass is 438 g/mol. The topological polar surface area (TPSA) is 52.9 Å². The maximum atomic E-state index is 13.0. The molecule has 1 aliphatic rings. The molecule has 0 aliphatic carbocycles. The fourth-order valence-electron chi connectivity index (χ4n) is 4.22. The number of hydrogen-bond donors (Lipinski definition) is 1. The lowest BCUT2D eigenvalue weighted by Crippen LogP contribution is -2.52. The number of hydrogen-bond acceptors (Lipinski definition) is 3. The molecule has 0 radical (unpaired) electrons. The van der Waals surface area contributed by atoms with Crippen LogP contribution in [0.5, 0.6) is 0 Å². The molecule has 28 heavy (non-hydrogen) atoms. The van der Waals surface area contributed by atoms with Gasteiger partial charge in [0.15, 0.2) is 0 Å². The second-order valence-electron chi connectivity index (χ2n) is 6.97. The van der Waals surface area contributed by atoms with Gasteiger partial charge in [0.05, 0.1) is 17.8 Å². The van der Waals surface area contributed by atoms with Crippen LogP contribution in [0, 0.1) is 11.8 Å². The van der Waals surface area contributed by atoms with Crippen LogP contribution in [-0.4, -0.2) is 27.6 Å². The average molecular weight is 440 g/mol. The molecule has 1 saturated heterocycles. The van der Waals surface area contributed by atoms with E-state index in [0.29, 0.717) is 15.8 Å². The van der Waals surface area contributed by atoms with Crippen LogP contribution in [0.15, 0.2) is 53.7 Å². The van der Waals surface area contributed by atoms with Crippen molar-refractivity contribution >= 4 is 46.4 Å². The molecule has 2 aromatic rings. The number of rotatable bonds is 3. The molecule has 4 nitrogen and oxygen atoms in total. The Morgan fingerprint density at radius 2 is 1.39 bits per heavy atom. The van der Waals surface area contributed by atoms with Gasteiger partial charge in [-0.3, -0.25) is 4.79 Å². The molecule has 2 aromatic carbocycles. The summed E-state index contributed by atoms with van der Waals surface area (Å²) >= 11 is 19.0. The SMILES string of the molecule is C[C@@H]1C(=NO)[C@H](C)[C@@H](c2ccccc2Cl)N(C(=O)CCl)[C@H]1c1ccccc1Cl. The predicted molar refractivity (Wildman–Crippen MR) is 114 cm³/mol. The highest BCUT2D eigenvalue weighted by Crippen LogP contribution is 2.49. The quantitative estimate of drug-likeness (QED) is 0.364. The van der Waals surface area contributed by atoms with Crippen LogP contribution >= 0.6 is 34.8 Å². The summed E-state index contributed by atoms with van der Waals surface area (Å²) in [5.41, 5.74) is 2.15. The zero-order valence-electron chi connectivity index (χ0n) is 15.5. The Hall–Kier alpha value is -1.75. The van der Waals surface area contributed by atoms with Gasteiger partial charge < -0.3 is 10.1 Å². The number of carbonyl (C=O) groups excluding carboxylic acids is 1. The van der Waals surface area contributed by atoms with Crippen LogP contribution in [0.3, 0.4) is 0 Å². The fourth-order valence-corrected chi connectivity index (χ4v) is 4.86. The molecule has 148 valence electrons. The van der Waals surface area contributed by atoms with Gasteiger partial charge in [-0.25, -0.2) is 0 Å². The Labute approximate surface area is 179 Å². The van der Waals surface area contributed by atoms with Crippen LogP contribution in [0.1, 0.15) is 37.1 Å². The van der Waals surface area contributed by atoms with Gasteiger partial charge in [0, 0.05) is 21.9 Å². The smallest absolute Gasteiger partial charge is 0.238 e. The zero-order chi connectivity index (χ0) is 20.4. The molecule has 1 aliphatic heterocycles. The lowest BCUT2D eigenvalue weighted by Gasteiger charge is -2.49. The van der Waals surface area contributed by atoms with Crippen molar-refractivity contribution in [3.8, 4) is 0 Å².